The third kappa shape index (κ3) is 3.08. The van der Waals surface area contributed by atoms with Gasteiger partial charge in [-0.1, -0.05) is 0 Å². The molecule has 0 radical (unpaired) electrons. The predicted molar refractivity (Wildman–Crippen MR) is 79.2 cm³/mol. The van der Waals surface area contributed by atoms with E-state index in [1.807, 2.05) is 4.57 Å². The molecule has 0 spiro atoms. The molecular formula is C14H18FN3O2S. The van der Waals surface area contributed by atoms with Crippen LogP contribution in [-0.4, -0.2) is 30.0 Å². The lowest BCUT2D eigenvalue weighted by Gasteiger charge is -2.13. The molecule has 1 aromatic carbocycles. The summed E-state index contributed by atoms with van der Waals surface area (Å²) in [6.45, 7) is 0. The van der Waals surface area contributed by atoms with Crippen LogP contribution in [0.3, 0.4) is 0 Å². The summed E-state index contributed by atoms with van der Waals surface area (Å²) >= 11 is 0. The van der Waals surface area contributed by atoms with Crippen LogP contribution in [0.5, 0.6) is 0 Å². The van der Waals surface area contributed by atoms with Gasteiger partial charge in [-0.3, -0.25) is 0 Å². The van der Waals surface area contributed by atoms with Crippen LogP contribution in [0.4, 0.5) is 4.39 Å². The molecule has 1 atom stereocenters. The zero-order valence-corrected chi connectivity index (χ0v) is 12.6. The molecule has 0 amide bonds. The van der Waals surface area contributed by atoms with Crippen LogP contribution >= 0.6 is 0 Å². The average Bonchev–Trinajstić information content (AvgIpc) is 3.16. The van der Waals surface area contributed by atoms with E-state index in [4.69, 9.17) is 5.73 Å². The summed E-state index contributed by atoms with van der Waals surface area (Å²) < 4.78 is 38.0. The van der Waals surface area contributed by atoms with Crippen molar-refractivity contribution in [1.29, 1.82) is 0 Å². The van der Waals surface area contributed by atoms with Crippen molar-refractivity contribution in [2.24, 2.45) is 5.73 Å². The van der Waals surface area contributed by atoms with Gasteiger partial charge in [0.25, 0.3) is 0 Å². The number of imidazole rings is 1. The number of rotatable bonds is 5. The summed E-state index contributed by atoms with van der Waals surface area (Å²) in [6, 6.07) is 4.31. The van der Waals surface area contributed by atoms with Gasteiger partial charge in [-0.2, -0.15) is 0 Å². The average molecular weight is 311 g/mol. The Morgan fingerprint density at radius 3 is 2.81 bits per heavy atom. The van der Waals surface area contributed by atoms with Gasteiger partial charge in [-0.05, 0) is 37.5 Å². The molecule has 1 aromatic heterocycles. The SMILES string of the molecule is CS(=O)(=O)CCC(N)c1nc2ccc(F)cc2n1C1CC1. The molecule has 1 aliphatic carbocycles. The van der Waals surface area contributed by atoms with Crippen molar-refractivity contribution >= 4 is 20.9 Å². The van der Waals surface area contributed by atoms with Gasteiger partial charge in [0.2, 0.25) is 0 Å². The highest BCUT2D eigenvalue weighted by molar-refractivity contribution is 7.90. The first-order valence-corrected chi connectivity index (χ1v) is 9.02. The molecule has 0 bridgehead atoms. The molecule has 1 aliphatic rings. The fourth-order valence-electron chi connectivity index (χ4n) is 2.53. The Balaban J connectivity index is 1.99. The van der Waals surface area contributed by atoms with Crippen LogP contribution in [0.25, 0.3) is 11.0 Å². The Labute approximate surface area is 122 Å². The summed E-state index contributed by atoms with van der Waals surface area (Å²) in [7, 11) is -3.06. The highest BCUT2D eigenvalue weighted by atomic mass is 32.2. The maximum Gasteiger partial charge on any atom is 0.147 e. The van der Waals surface area contributed by atoms with Gasteiger partial charge in [-0.15, -0.1) is 0 Å². The number of aromatic nitrogens is 2. The van der Waals surface area contributed by atoms with E-state index in [1.54, 1.807) is 6.07 Å². The summed E-state index contributed by atoms with van der Waals surface area (Å²) in [5.74, 6) is 0.374. The van der Waals surface area contributed by atoms with Crippen LogP contribution in [0, 0.1) is 5.82 Å². The Morgan fingerprint density at radius 1 is 1.48 bits per heavy atom. The highest BCUT2D eigenvalue weighted by Crippen LogP contribution is 2.40. The number of hydrogen-bond acceptors (Lipinski definition) is 4. The number of benzene rings is 1. The number of hydrogen-bond donors (Lipinski definition) is 1. The normalized spacial score (nSPS) is 17.3. The number of sulfone groups is 1. The van der Waals surface area contributed by atoms with E-state index in [2.05, 4.69) is 4.98 Å². The van der Waals surface area contributed by atoms with E-state index in [-0.39, 0.29) is 11.6 Å². The summed E-state index contributed by atoms with van der Waals surface area (Å²) in [4.78, 5) is 4.49. The molecule has 1 fully saturated rings. The quantitative estimate of drug-likeness (QED) is 0.915. The molecule has 0 aliphatic heterocycles. The summed E-state index contributed by atoms with van der Waals surface area (Å²) in [5, 5.41) is 0. The lowest BCUT2D eigenvalue weighted by atomic mass is 10.2. The minimum atomic E-state index is -3.06. The Bertz CT molecular complexity index is 781. The Hall–Kier alpha value is -1.47. The highest BCUT2D eigenvalue weighted by Gasteiger charge is 2.30. The molecule has 2 N–H and O–H groups in total. The molecule has 1 heterocycles. The zero-order chi connectivity index (χ0) is 15.2. The van der Waals surface area contributed by atoms with E-state index in [1.165, 1.54) is 18.4 Å². The molecule has 0 saturated heterocycles. The van der Waals surface area contributed by atoms with Gasteiger partial charge >= 0.3 is 0 Å². The molecule has 7 heteroatoms. The molecule has 1 saturated carbocycles. The third-order valence-electron chi connectivity index (χ3n) is 3.72. The summed E-state index contributed by atoms with van der Waals surface area (Å²) in [6.07, 6.45) is 3.55. The number of nitrogens with zero attached hydrogens (tertiary/aromatic N) is 2. The number of fused-ring (bicyclic) bond motifs is 1. The first-order valence-electron chi connectivity index (χ1n) is 6.96. The maximum atomic E-state index is 13.5. The van der Waals surface area contributed by atoms with Crippen LogP contribution in [-0.2, 0) is 9.84 Å². The predicted octanol–water partition coefficient (Wildman–Crippen LogP) is 1.94. The van der Waals surface area contributed by atoms with Gasteiger partial charge < -0.3 is 10.3 Å². The third-order valence-corrected chi connectivity index (χ3v) is 4.70. The fourth-order valence-corrected chi connectivity index (χ4v) is 3.22. The lowest BCUT2D eigenvalue weighted by Crippen LogP contribution is -2.19. The maximum absolute atomic E-state index is 13.5. The summed E-state index contributed by atoms with van der Waals surface area (Å²) in [5.41, 5.74) is 7.57. The van der Waals surface area contributed by atoms with Crippen molar-refractivity contribution in [3.8, 4) is 0 Å². The van der Waals surface area contributed by atoms with Gasteiger partial charge in [0, 0.05) is 12.3 Å². The molecule has 2 aromatic rings. The van der Waals surface area contributed by atoms with Crippen molar-refractivity contribution in [3.05, 3.63) is 29.8 Å². The van der Waals surface area contributed by atoms with Crippen molar-refractivity contribution in [1.82, 2.24) is 9.55 Å². The van der Waals surface area contributed by atoms with Crippen LogP contribution in [0.2, 0.25) is 0 Å². The molecular weight excluding hydrogens is 293 g/mol. The minimum absolute atomic E-state index is 0.0242. The van der Waals surface area contributed by atoms with Crippen molar-refractivity contribution in [2.75, 3.05) is 12.0 Å². The molecule has 5 nitrogen and oxygen atoms in total. The fraction of sp³-hybridized carbons (Fsp3) is 0.500. The van der Waals surface area contributed by atoms with Crippen LogP contribution in [0.15, 0.2) is 18.2 Å². The van der Waals surface area contributed by atoms with E-state index in [0.29, 0.717) is 23.8 Å². The zero-order valence-electron chi connectivity index (χ0n) is 11.8. The second-order valence-corrected chi connectivity index (χ2v) is 7.99. The molecule has 1 unspecified atom stereocenters. The minimum Gasteiger partial charge on any atom is -0.323 e. The van der Waals surface area contributed by atoms with E-state index >= 15 is 0 Å². The van der Waals surface area contributed by atoms with Crippen molar-refractivity contribution in [2.45, 2.75) is 31.3 Å². The Kier molecular flexibility index (Phi) is 3.49. The van der Waals surface area contributed by atoms with Gasteiger partial charge in [-0.25, -0.2) is 17.8 Å². The largest absolute Gasteiger partial charge is 0.323 e. The van der Waals surface area contributed by atoms with Gasteiger partial charge in [0.05, 0.1) is 22.8 Å². The smallest absolute Gasteiger partial charge is 0.147 e. The second kappa shape index (κ2) is 5.06. The molecule has 3 rings (SSSR count). The Morgan fingerprint density at radius 2 is 2.19 bits per heavy atom. The topological polar surface area (TPSA) is 78.0 Å². The molecule has 114 valence electrons. The molecule has 21 heavy (non-hydrogen) atoms. The van der Waals surface area contributed by atoms with E-state index < -0.39 is 15.9 Å². The van der Waals surface area contributed by atoms with Gasteiger partial charge in [0.15, 0.2) is 0 Å². The standard InChI is InChI=1S/C14H18FN3O2S/c1-21(19,20)7-6-11(16)14-17-12-5-2-9(15)8-13(12)18(14)10-3-4-10/h2,5,8,10-11H,3-4,6-7,16H2,1H3. The van der Waals surface area contributed by atoms with E-state index in [0.717, 1.165) is 18.4 Å². The second-order valence-electron chi connectivity index (χ2n) is 5.73. The monoisotopic (exact) mass is 311 g/mol. The first kappa shape index (κ1) is 14.5. The van der Waals surface area contributed by atoms with Gasteiger partial charge in [0.1, 0.15) is 21.5 Å². The lowest BCUT2D eigenvalue weighted by molar-refractivity contribution is 0.570. The van der Waals surface area contributed by atoms with Crippen LogP contribution < -0.4 is 5.73 Å². The number of halogens is 1. The first-order chi connectivity index (χ1) is 9.85. The van der Waals surface area contributed by atoms with E-state index in [9.17, 15) is 12.8 Å². The number of nitrogens with two attached hydrogens (primary N) is 1. The van der Waals surface area contributed by atoms with Crippen LogP contribution in [0.1, 0.15) is 37.2 Å². The van der Waals surface area contributed by atoms with Crippen molar-refractivity contribution < 1.29 is 12.8 Å². The van der Waals surface area contributed by atoms with Crippen molar-refractivity contribution in [3.63, 3.8) is 0 Å².